The van der Waals surface area contributed by atoms with Gasteiger partial charge in [-0.2, -0.15) is 0 Å². The zero-order chi connectivity index (χ0) is 12.5. The van der Waals surface area contributed by atoms with E-state index in [2.05, 4.69) is 4.98 Å². The van der Waals surface area contributed by atoms with Gasteiger partial charge in [0.25, 0.3) is 0 Å². The number of pyridine rings is 1. The van der Waals surface area contributed by atoms with Gasteiger partial charge in [-0.1, -0.05) is 6.07 Å². The molecule has 1 aliphatic heterocycles. The van der Waals surface area contributed by atoms with E-state index < -0.39 is 5.97 Å². The molecule has 0 saturated heterocycles. The number of rotatable bonds is 1. The van der Waals surface area contributed by atoms with Crippen molar-refractivity contribution < 1.29 is 14.6 Å². The van der Waals surface area contributed by atoms with Crippen LogP contribution < -0.4 is 4.74 Å². The molecular weight excluding hydrogens is 230 g/mol. The second-order valence-electron chi connectivity index (χ2n) is 4.18. The first-order valence-electron chi connectivity index (χ1n) is 5.72. The molecule has 0 unspecified atom stereocenters. The molecule has 3 rings (SSSR count). The molecule has 0 bridgehead atoms. The van der Waals surface area contributed by atoms with Crippen molar-refractivity contribution in [3.63, 3.8) is 0 Å². The Kier molecular flexibility index (Phi) is 2.48. The molecular formula is C14H11NO3. The number of hydrogen-bond acceptors (Lipinski definition) is 3. The first kappa shape index (κ1) is 10.8. The Bertz CT molecular complexity index is 622. The first-order chi connectivity index (χ1) is 8.74. The second kappa shape index (κ2) is 4.14. The van der Waals surface area contributed by atoms with Crippen molar-refractivity contribution in [2.45, 2.75) is 12.8 Å². The number of ether oxygens (including phenoxy) is 1. The Labute approximate surface area is 104 Å². The van der Waals surface area contributed by atoms with E-state index in [1.165, 1.54) is 0 Å². The summed E-state index contributed by atoms with van der Waals surface area (Å²) in [6, 6.07) is 8.65. The molecule has 0 radical (unpaired) electrons. The van der Waals surface area contributed by atoms with Crippen molar-refractivity contribution >= 4 is 5.97 Å². The van der Waals surface area contributed by atoms with E-state index in [4.69, 9.17) is 9.84 Å². The standard InChI is InChI=1S/C14H11NO3/c16-14(17)10-4-3-9-5-6-11-12(2-1-7-15-11)18-13(9)8-10/h1-4,7-8H,5-6H2,(H,16,17). The van der Waals surface area contributed by atoms with Gasteiger partial charge in [-0.25, -0.2) is 4.79 Å². The van der Waals surface area contributed by atoms with Gasteiger partial charge in [-0.3, -0.25) is 4.98 Å². The summed E-state index contributed by atoms with van der Waals surface area (Å²) in [4.78, 5) is 15.2. The summed E-state index contributed by atoms with van der Waals surface area (Å²) in [6.45, 7) is 0. The lowest BCUT2D eigenvalue weighted by atomic mass is 10.1. The number of carboxylic acid groups (broad SMARTS) is 1. The molecule has 1 aliphatic rings. The van der Waals surface area contributed by atoms with Gasteiger partial charge in [0, 0.05) is 6.20 Å². The van der Waals surface area contributed by atoms with Crippen molar-refractivity contribution in [2.24, 2.45) is 0 Å². The highest BCUT2D eigenvalue weighted by Gasteiger charge is 2.16. The van der Waals surface area contributed by atoms with Gasteiger partial charge >= 0.3 is 5.97 Å². The van der Waals surface area contributed by atoms with Gasteiger partial charge in [-0.05, 0) is 42.7 Å². The smallest absolute Gasteiger partial charge is 0.335 e. The fraction of sp³-hybridized carbons (Fsp3) is 0.143. The van der Waals surface area contributed by atoms with Crippen molar-refractivity contribution in [3.8, 4) is 11.5 Å². The van der Waals surface area contributed by atoms with Gasteiger partial charge in [-0.15, -0.1) is 0 Å². The van der Waals surface area contributed by atoms with E-state index in [0.717, 1.165) is 24.1 Å². The number of fused-ring (bicyclic) bond motifs is 2. The summed E-state index contributed by atoms with van der Waals surface area (Å²) in [6.07, 6.45) is 3.34. The average Bonchev–Trinajstić information content (AvgIpc) is 2.56. The van der Waals surface area contributed by atoms with Gasteiger partial charge in [0.2, 0.25) is 0 Å². The highest BCUT2D eigenvalue weighted by atomic mass is 16.5. The minimum atomic E-state index is -0.947. The van der Waals surface area contributed by atoms with Crippen molar-refractivity contribution in [3.05, 3.63) is 53.3 Å². The van der Waals surface area contributed by atoms with E-state index in [-0.39, 0.29) is 5.56 Å². The van der Waals surface area contributed by atoms with Crippen LogP contribution >= 0.6 is 0 Å². The predicted molar refractivity (Wildman–Crippen MR) is 65.1 cm³/mol. The van der Waals surface area contributed by atoms with Crippen LogP contribution in [0.1, 0.15) is 21.6 Å². The average molecular weight is 241 g/mol. The van der Waals surface area contributed by atoms with Crippen molar-refractivity contribution in [1.82, 2.24) is 4.98 Å². The molecule has 2 heterocycles. The van der Waals surface area contributed by atoms with E-state index in [1.807, 2.05) is 18.2 Å². The number of nitrogens with zero attached hydrogens (tertiary/aromatic N) is 1. The Balaban J connectivity index is 2.07. The number of aromatic carboxylic acids is 1. The number of carboxylic acids is 1. The summed E-state index contributed by atoms with van der Waals surface area (Å²) >= 11 is 0. The predicted octanol–water partition coefficient (Wildman–Crippen LogP) is 2.67. The summed E-state index contributed by atoms with van der Waals surface area (Å²) < 4.78 is 5.77. The van der Waals surface area contributed by atoms with Crippen LogP contribution in [0.2, 0.25) is 0 Å². The summed E-state index contributed by atoms with van der Waals surface area (Å²) in [5.74, 6) is 0.373. The number of hydrogen-bond donors (Lipinski definition) is 1. The van der Waals surface area contributed by atoms with Gasteiger partial charge < -0.3 is 9.84 Å². The number of carbonyl (C=O) groups is 1. The first-order valence-corrected chi connectivity index (χ1v) is 5.72. The van der Waals surface area contributed by atoms with Crippen LogP contribution in [0.25, 0.3) is 0 Å². The molecule has 0 aliphatic carbocycles. The minimum Gasteiger partial charge on any atom is -0.478 e. The minimum absolute atomic E-state index is 0.237. The van der Waals surface area contributed by atoms with Gasteiger partial charge in [0.1, 0.15) is 11.5 Å². The van der Waals surface area contributed by atoms with Gasteiger partial charge in [0.15, 0.2) is 0 Å². The van der Waals surface area contributed by atoms with E-state index in [0.29, 0.717) is 11.5 Å². The number of benzene rings is 1. The van der Waals surface area contributed by atoms with Crippen molar-refractivity contribution in [2.75, 3.05) is 0 Å². The molecule has 1 N–H and O–H groups in total. The molecule has 90 valence electrons. The maximum absolute atomic E-state index is 11.0. The molecule has 0 amide bonds. The Morgan fingerprint density at radius 1 is 1.22 bits per heavy atom. The summed E-state index contributed by atoms with van der Waals surface area (Å²) in [7, 11) is 0. The highest BCUT2D eigenvalue weighted by molar-refractivity contribution is 5.88. The molecule has 2 aromatic rings. The zero-order valence-electron chi connectivity index (χ0n) is 9.59. The van der Waals surface area contributed by atoms with Gasteiger partial charge in [0.05, 0.1) is 11.3 Å². The van der Waals surface area contributed by atoms with Crippen LogP contribution in [0.4, 0.5) is 0 Å². The van der Waals surface area contributed by atoms with Crippen LogP contribution in [-0.2, 0) is 12.8 Å². The molecule has 0 spiro atoms. The molecule has 4 nitrogen and oxygen atoms in total. The van der Waals surface area contributed by atoms with Crippen LogP contribution in [0, 0.1) is 0 Å². The lowest BCUT2D eigenvalue weighted by Crippen LogP contribution is -1.98. The fourth-order valence-electron chi connectivity index (χ4n) is 2.06. The normalized spacial score (nSPS) is 12.9. The monoisotopic (exact) mass is 241 g/mol. The topological polar surface area (TPSA) is 59.4 Å². The highest BCUT2D eigenvalue weighted by Crippen LogP contribution is 2.33. The summed E-state index contributed by atoms with van der Waals surface area (Å²) in [5, 5.41) is 8.98. The largest absolute Gasteiger partial charge is 0.478 e. The maximum atomic E-state index is 11.0. The number of aryl methyl sites for hydroxylation is 2. The molecule has 0 atom stereocenters. The third-order valence-corrected chi connectivity index (χ3v) is 3.01. The zero-order valence-corrected chi connectivity index (χ0v) is 9.59. The SMILES string of the molecule is O=C(O)c1ccc2c(c1)Oc1cccnc1CC2. The van der Waals surface area contributed by atoms with E-state index in [1.54, 1.807) is 18.3 Å². The summed E-state index contributed by atoms with van der Waals surface area (Å²) in [5.41, 5.74) is 2.16. The molecule has 0 saturated carbocycles. The maximum Gasteiger partial charge on any atom is 0.335 e. The fourth-order valence-corrected chi connectivity index (χ4v) is 2.06. The Hall–Kier alpha value is -2.36. The van der Waals surface area contributed by atoms with Crippen LogP contribution in [-0.4, -0.2) is 16.1 Å². The molecule has 18 heavy (non-hydrogen) atoms. The number of aromatic nitrogens is 1. The molecule has 4 heteroatoms. The lowest BCUT2D eigenvalue weighted by molar-refractivity contribution is 0.0696. The van der Waals surface area contributed by atoms with E-state index in [9.17, 15) is 4.79 Å². The Morgan fingerprint density at radius 2 is 2.11 bits per heavy atom. The molecule has 0 fully saturated rings. The molecule has 1 aromatic heterocycles. The quantitative estimate of drug-likeness (QED) is 0.833. The van der Waals surface area contributed by atoms with Crippen molar-refractivity contribution in [1.29, 1.82) is 0 Å². The van der Waals surface area contributed by atoms with Crippen LogP contribution in [0.15, 0.2) is 36.5 Å². The second-order valence-corrected chi connectivity index (χ2v) is 4.18. The Morgan fingerprint density at radius 3 is 2.94 bits per heavy atom. The molecule has 1 aromatic carbocycles. The third-order valence-electron chi connectivity index (χ3n) is 3.01. The van der Waals surface area contributed by atoms with E-state index >= 15 is 0 Å². The van der Waals surface area contributed by atoms with Crippen LogP contribution in [0.3, 0.4) is 0 Å². The lowest BCUT2D eigenvalue weighted by Gasteiger charge is -2.08. The third kappa shape index (κ3) is 1.82. The van der Waals surface area contributed by atoms with Crippen LogP contribution in [0.5, 0.6) is 11.5 Å².